The SMILES string of the molecule is CCOC1C(C)(C)C2CCCC2C1(C)C.CCOC1C(C)(C)CCC2(CCCCC2)C1(C)C.CCOC1C2(CCC2)CCC12CCC2.CCOC1C2(CCCC2)CCC12CCCC2.CCOC1C2(CCCCC2)CCC12CCCCC2.CCOC1C2CC(CC23CCCCC3)C1(C)C.CCOC1C2CC(CC23CCCCC3)C12CCCC2. The third-order valence-corrected chi connectivity index (χ3v) is 42.3. The van der Waals surface area contributed by atoms with Gasteiger partial charge in [0.2, 0.25) is 0 Å². The first kappa shape index (κ1) is 92.9. The van der Waals surface area contributed by atoms with Crippen LogP contribution in [0.4, 0.5) is 0 Å². The summed E-state index contributed by atoms with van der Waals surface area (Å²) in [6.45, 7) is 45.9. The van der Waals surface area contributed by atoms with E-state index in [0.29, 0.717) is 119 Å². The quantitative estimate of drug-likeness (QED) is 0.172. The lowest BCUT2D eigenvalue weighted by atomic mass is 9.47. The summed E-state index contributed by atoms with van der Waals surface area (Å²) in [5, 5.41) is 0. The maximum absolute atomic E-state index is 6.40. The molecule has 9 unspecified atom stereocenters. The Hall–Kier alpha value is -0.280. The van der Waals surface area contributed by atoms with Gasteiger partial charge in [0, 0.05) is 46.2 Å². The van der Waals surface area contributed by atoms with E-state index in [2.05, 4.69) is 118 Å². The van der Waals surface area contributed by atoms with E-state index in [1.165, 1.54) is 366 Å². The Morgan fingerprint density at radius 3 is 0.838 bits per heavy atom. The van der Waals surface area contributed by atoms with Crippen molar-refractivity contribution in [1.29, 1.82) is 0 Å². The zero-order valence-electron chi connectivity index (χ0n) is 80.8. The molecule has 20 aliphatic rings. The summed E-state index contributed by atoms with van der Waals surface area (Å²) in [6.07, 6.45) is 88.8. The molecule has 117 heavy (non-hydrogen) atoms. The van der Waals surface area contributed by atoms with Crippen molar-refractivity contribution in [3.05, 3.63) is 0 Å². The van der Waals surface area contributed by atoms with Crippen LogP contribution in [0, 0.1) is 117 Å². The van der Waals surface area contributed by atoms with Crippen molar-refractivity contribution in [3.63, 3.8) is 0 Å². The highest BCUT2D eigenvalue weighted by molar-refractivity contribution is 5.19. The molecular formula is C110H194O7. The van der Waals surface area contributed by atoms with E-state index in [4.69, 9.17) is 33.2 Å². The number of hydrogen-bond donors (Lipinski definition) is 0. The Bertz CT molecular complexity index is 2920. The van der Waals surface area contributed by atoms with Crippen LogP contribution in [0.25, 0.3) is 0 Å². The molecule has 20 saturated carbocycles. The lowest BCUT2D eigenvalue weighted by Crippen LogP contribution is -2.57. The number of rotatable bonds is 14. The first-order valence-corrected chi connectivity index (χ1v) is 53.4. The molecule has 20 aliphatic carbocycles. The van der Waals surface area contributed by atoms with Crippen LogP contribution < -0.4 is 0 Å². The van der Waals surface area contributed by atoms with E-state index in [1.807, 2.05) is 0 Å². The zero-order chi connectivity index (χ0) is 82.9. The molecule has 0 saturated heterocycles. The standard InChI is InChI=1S/C18H30O.C17H30O.C17H32O.C16H28O.C15H26O.C14H26O.C13H22O/c1-2-19-16-15-12-14(18(16)10-6-7-11-18)13-17(15)8-4-3-5-9-17;1-2-18-15-16(9-5-3-6-10-16)13-14-17(15)11-7-4-8-12-17;1-6-18-14-15(2,3)12-13-17(16(14,4)5)10-8-7-9-11-17;1-4-17-14-13-10-12(15(14,2)3)11-16(13)8-6-5-7-9-16;1-2-16-13-14(7-3-4-8-14)11-12-15(13)9-5-6-10-15;1-6-15-12-13(2,3)10-8-7-9-11(10)14(12,4)5;1-2-14-11-12(5-3-6-12)9-10-13(11)7-4-8-13/h14-16H,2-13H2,1H3;15H,2-14H2,1H3;14H,6-13H2,1-5H3;12-14H,4-11H2,1-3H3;13H,2-12H2,1H3;10-12H,6-9H2,1-5H3;11H,2-10H2,1H3. The third kappa shape index (κ3) is 17.2. The molecule has 0 aromatic carbocycles. The van der Waals surface area contributed by atoms with Crippen molar-refractivity contribution < 1.29 is 33.2 Å². The van der Waals surface area contributed by atoms with Gasteiger partial charge in [-0.05, 0) is 384 Å². The molecule has 20 rings (SSSR count). The summed E-state index contributed by atoms with van der Waals surface area (Å²) in [6, 6.07) is 0. The Kier molecular flexibility index (Phi) is 30.0. The molecule has 10 spiro atoms. The van der Waals surface area contributed by atoms with E-state index >= 15 is 0 Å². The van der Waals surface area contributed by atoms with Gasteiger partial charge in [-0.25, -0.2) is 0 Å². The first-order chi connectivity index (χ1) is 56.1. The highest BCUT2D eigenvalue weighted by Gasteiger charge is 2.69. The fraction of sp³-hybridized carbons (Fsp3) is 1.00. The van der Waals surface area contributed by atoms with E-state index in [1.54, 1.807) is 6.42 Å². The average Bonchev–Trinajstić information content (AvgIpc) is 1.51. The first-order valence-electron chi connectivity index (χ1n) is 53.4. The molecule has 4 bridgehead atoms. The van der Waals surface area contributed by atoms with Crippen LogP contribution in [-0.4, -0.2) is 89.0 Å². The van der Waals surface area contributed by atoms with E-state index in [-0.39, 0.29) is 0 Å². The van der Waals surface area contributed by atoms with Crippen LogP contribution in [0.15, 0.2) is 0 Å². The number of ether oxygens (including phenoxy) is 7. The van der Waals surface area contributed by atoms with Gasteiger partial charge >= 0.3 is 0 Å². The molecule has 7 heteroatoms. The minimum absolute atomic E-state index is 0.325. The second-order valence-electron chi connectivity index (χ2n) is 49.3. The topological polar surface area (TPSA) is 64.6 Å². The summed E-state index contributed by atoms with van der Waals surface area (Å²) in [5.41, 5.74) is 8.14. The lowest BCUT2D eigenvalue weighted by molar-refractivity contribution is -0.188. The molecule has 676 valence electrons. The van der Waals surface area contributed by atoms with Crippen LogP contribution >= 0.6 is 0 Å². The minimum Gasteiger partial charge on any atom is -0.378 e. The molecule has 0 amide bonds. The maximum atomic E-state index is 6.40. The molecule has 0 aromatic heterocycles. The van der Waals surface area contributed by atoms with Crippen LogP contribution in [0.1, 0.15) is 490 Å². The van der Waals surface area contributed by atoms with Crippen LogP contribution in [0.3, 0.4) is 0 Å². The highest BCUT2D eigenvalue weighted by atomic mass is 16.5. The number of fused-ring (bicyclic) bond motifs is 8. The summed E-state index contributed by atoms with van der Waals surface area (Å²) in [5.74, 6) is 5.54. The van der Waals surface area contributed by atoms with Crippen molar-refractivity contribution in [1.82, 2.24) is 0 Å². The Morgan fingerprint density at radius 2 is 0.496 bits per heavy atom. The van der Waals surface area contributed by atoms with E-state index in [0.717, 1.165) is 87.2 Å². The highest BCUT2D eigenvalue weighted by Crippen LogP contribution is 2.75. The maximum Gasteiger partial charge on any atom is 0.0687 e. The van der Waals surface area contributed by atoms with Gasteiger partial charge in [0.1, 0.15) is 0 Å². The molecule has 0 N–H and O–H groups in total. The Morgan fingerprint density at radius 1 is 0.214 bits per heavy atom. The van der Waals surface area contributed by atoms with Crippen molar-refractivity contribution in [2.75, 3.05) is 46.2 Å². The summed E-state index contributed by atoms with van der Waals surface area (Å²) < 4.78 is 43.7. The summed E-state index contributed by atoms with van der Waals surface area (Å²) in [7, 11) is 0. The predicted octanol–water partition coefficient (Wildman–Crippen LogP) is 31.3. The molecule has 0 aromatic rings. The zero-order valence-corrected chi connectivity index (χ0v) is 80.8. The van der Waals surface area contributed by atoms with Crippen LogP contribution in [0.2, 0.25) is 0 Å². The molecule has 0 aliphatic heterocycles. The van der Waals surface area contributed by atoms with E-state index in [9.17, 15) is 0 Å². The van der Waals surface area contributed by atoms with Gasteiger partial charge in [-0.1, -0.05) is 223 Å². The molecular weight excluding hydrogens is 1430 g/mol. The minimum atomic E-state index is 0.325. The van der Waals surface area contributed by atoms with E-state index < -0.39 is 0 Å². The molecule has 7 nitrogen and oxygen atoms in total. The smallest absolute Gasteiger partial charge is 0.0687 e. The van der Waals surface area contributed by atoms with Crippen molar-refractivity contribution in [2.24, 2.45) is 117 Å². The van der Waals surface area contributed by atoms with Gasteiger partial charge in [0.25, 0.3) is 0 Å². The fourth-order valence-electron chi connectivity index (χ4n) is 36.7. The molecule has 0 heterocycles. The van der Waals surface area contributed by atoms with Gasteiger partial charge in [-0.2, -0.15) is 0 Å². The van der Waals surface area contributed by atoms with Gasteiger partial charge in [0.05, 0.1) is 42.7 Å². The largest absolute Gasteiger partial charge is 0.378 e. The van der Waals surface area contributed by atoms with Gasteiger partial charge in [-0.15, -0.1) is 0 Å². The van der Waals surface area contributed by atoms with Crippen molar-refractivity contribution in [3.8, 4) is 0 Å². The summed E-state index contributed by atoms with van der Waals surface area (Å²) in [4.78, 5) is 0. The molecule has 20 fully saturated rings. The molecule has 0 radical (unpaired) electrons. The van der Waals surface area contributed by atoms with Crippen molar-refractivity contribution >= 4 is 0 Å². The summed E-state index contributed by atoms with van der Waals surface area (Å²) >= 11 is 0. The average molecular weight is 1630 g/mol. The predicted molar refractivity (Wildman–Crippen MR) is 490 cm³/mol. The third-order valence-electron chi connectivity index (χ3n) is 42.3. The Labute approximate surface area is 724 Å². The van der Waals surface area contributed by atoms with Crippen LogP contribution in [0.5, 0.6) is 0 Å². The van der Waals surface area contributed by atoms with Gasteiger partial charge < -0.3 is 33.2 Å². The lowest BCUT2D eigenvalue weighted by Gasteiger charge is -2.61. The number of hydrogen-bond acceptors (Lipinski definition) is 7. The van der Waals surface area contributed by atoms with Crippen molar-refractivity contribution in [2.45, 2.75) is 533 Å². The Balaban J connectivity index is 0.000000113. The normalized spacial score (nSPS) is 36.7. The second kappa shape index (κ2) is 37.8. The van der Waals surface area contributed by atoms with Gasteiger partial charge in [0.15, 0.2) is 0 Å². The van der Waals surface area contributed by atoms with Gasteiger partial charge in [-0.3, -0.25) is 0 Å². The second-order valence-corrected chi connectivity index (χ2v) is 49.3. The fourth-order valence-corrected chi connectivity index (χ4v) is 36.7. The molecule has 9 atom stereocenters. The monoisotopic (exact) mass is 1630 g/mol. The van der Waals surface area contributed by atoms with Crippen LogP contribution in [-0.2, 0) is 33.2 Å².